The number of anilines is 1. The minimum Gasteiger partial charge on any atom is -0.364 e. The van der Waals surface area contributed by atoms with Crippen molar-refractivity contribution in [3.63, 3.8) is 0 Å². The molecule has 2 aromatic heterocycles. The number of fused-ring (bicyclic) bond motifs is 1. The van der Waals surface area contributed by atoms with Crippen LogP contribution in [0.1, 0.15) is 16.8 Å². The molecule has 5 heteroatoms. The highest BCUT2D eigenvalue weighted by molar-refractivity contribution is 5.76. The number of nitrogens with zero attached hydrogens (tertiary/aromatic N) is 4. The Hall–Kier alpha value is -3.21. The third-order valence-electron chi connectivity index (χ3n) is 4.20. The van der Waals surface area contributed by atoms with Crippen LogP contribution in [0.2, 0.25) is 0 Å². The maximum absolute atomic E-state index is 4.70. The molecule has 0 saturated heterocycles. The van der Waals surface area contributed by atoms with Crippen LogP contribution in [0.15, 0.2) is 67.0 Å². The lowest BCUT2D eigenvalue weighted by Crippen LogP contribution is -2.09. The van der Waals surface area contributed by atoms with E-state index in [4.69, 9.17) is 4.98 Å². The minimum absolute atomic E-state index is 0.700. The van der Waals surface area contributed by atoms with Gasteiger partial charge in [0.1, 0.15) is 5.82 Å². The first-order chi connectivity index (χ1) is 12.3. The first kappa shape index (κ1) is 15.3. The molecular weight excluding hydrogens is 310 g/mol. The zero-order valence-electron chi connectivity index (χ0n) is 14.1. The molecule has 0 aliphatic carbocycles. The molecule has 1 N–H and O–H groups in total. The van der Waals surface area contributed by atoms with Gasteiger partial charge < -0.3 is 5.32 Å². The first-order valence-electron chi connectivity index (χ1n) is 8.31. The number of aromatic nitrogens is 4. The third-order valence-corrected chi connectivity index (χ3v) is 4.20. The van der Waals surface area contributed by atoms with Crippen LogP contribution in [0.25, 0.3) is 11.0 Å². The fourth-order valence-corrected chi connectivity index (χ4v) is 2.89. The molecule has 25 heavy (non-hydrogen) atoms. The summed E-state index contributed by atoms with van der Waals surface area (Å²) in [6, 6.07) is 18.3. The molecule has 5 nitrogen and oxygen atoms in total. The summed E-state index contributed by atoms with van der Waals surface area (Å²) in [6.45, 7) is 3.44. The van der Waals surface area contributed by atoms with E-state index in [1.807, 2.05) is 48.1 Å². The molecule has 0 atom stereocenters. The van der Waals surface area contributed by atoms with Crippen molar-refractivity contribution in [1.82, 2.24) is 19.7 Å². The molecule has 2 aromatic carbocycles. The number of aryl methyl sites for hydroxylation is 1. The molecular formula is C20H19N5. The van der Waals surface area contributed by atoms with Crippen molar-refractivity contribution in [2.24, 2.45) is 0 Å². The fraction of sp³-hybridized carbons (Fsp3) is 0.150. The first-order valence-corrected chi connectivity index (χ1v) is 8.31. The van der Waals surface area contributed by atoms with Crippen molar-refractivity contribution < 1.29 is 0 Å². The lowest BCUT2D eigenvalue weighted by molar-refractivity contribution is 0.682. The summed E-state index contributed by atoms with van der Waals surface area (Å²) in [5, 5.41) is 7.73. The standard InChI is InChI=1S/C20H19N5/c1-15-20(24-19-10-5-4-9-18(19)23-15)21-13-16-7-2-3-8-17(16)14-25-12-6-11-22-25/h2-12H,13-14H2,1H3,(H,21,24). The Morgan fingerprint density at radius 1 is 0.880 bits per heavy atom. The monoisotopic (exact) mass is 329 g/mol. The normalized spacial score (nSPS) is 10.9. The van der Waals surface area contributed by atoms with Gasteiger partial charge in [0.15, 0.2) is 0 Å². The Balaban J connectivity index is 1.56. The SMILES string of the molecule is Cc1nc2ccccc2nc1NCc1ccccc1Cn1cccn1. The maximum Gasteiger partial charge on any atom is 0.148 e. The molecule has 2 heterocycles. The van der Waals surface area contributed by atoms with Crippen LogP contribution < -0.4 is 5.32 Å². The summed E-state index contributed by atoms with van der Waals surface area (Å²) >= 11 is 0. The van der Waals surface area contributed by atoms with Crippen molar-refractivity contribution in [2.75, 3.05) is 5.32 Å². The summed E-state index contributed by atoms with van der Waals surface area (Å²) in [5.41, 5.74) is 5.20. The Morgan fingerprint density at radius 3 is 2.36 bits per heavy atom. The number of hydrogen-bond donors (Lipinski definition) is 1. The second-order valence-electron chi connectivity index (χ2n) is 5.97. The van der Waals surface area contributed by atoms with Crippen LogP contribution in [-0.2, 0) is 13.1 Å². The van der Waals surface area contributed by atoms with E-state index >= 15 is 0 Å². The van der Waals surface area contributed by atoms with Crippen molar-refractivity contribution >= 4 is 16.9 Å². The van der Waals surface area contributed by atoms with Gasteiger partial charge >= 0.3 is 0 Å². The van der Waals surface area contributed by atoms with Gasteiger partial charge in [-0.3, -0.25) is 4.68 Å². The smallest absolute Gasteiger partial charge is 0.148 e. The number of nitrogens with one attached hydrogen (secondary N) is 1. The number of hydrogen-bond acceptors (Lipinski definition) is 4. The van der Waals surface area contributed by atoms with Gasteiger partial charge in [-0.25, -0.2) is 9.97 Å². The van der Waals surface area contributed by atoms with Crippen molar-refractivity contribution in [3.8, 4) is 0 Å². The Bertz CT molecular complexity index is 992. The highest BCUT2D eigenvalue weighted by Gasteiger charge is 2.07. The molecule has 0 spiro atoms. The van der Waals surface area contributed by atoms with Crippen LogP contribution in [0.3, 0.4) is 0 Å². The lowest BCUT2D eigenvalue weighted by atomic mass is 10.1. The molecule has 0 radical (unpaired) electrons. The number of benzene rings is 2. The summed E-state index contributed by atoms with van der Waals surface area (Å²) in [5.74, 6) is 0.826. The zero-order chi connectivity index (χ0) is 17.1. The lowest BCUT2D eigenvalue weighted by Gasteiger charge is -2.13. The maximum atomic E-state index is 4.70. The number of para-hydroxylation sites is 2. The van der Waals surface area contributed by atoms with Crippen LogP contribution in [0, 0.1) is 6.92 Å². The van der Waals surface area contributed by atoms with E-state index in [1.165, 1.54) is 11.1 Å². The predicted molar refractivity (Wildman–Crippen MR) is 99.4 cm³/mol. The Kier molecular flexibility index (Phi) is 4.12. The van der Waals surface area contributed by atoms with E-state index < -0.39 is 0 Å². The largest absolute Gasteiger partial charge is 0.364 e. The summed E-state index contributed by atoms with van der Waals surface area (Å²) < 4.78 is 1.93. The van der Waals surface area contributed by atoms with Gasteiger partial charge in [0.2, 0.25) is 0 Å². The third kappa shape index (κ3) is 3.35. The van der Waals surface area contributed by atoms with E-state index in [1.54, 1.807) is 6.20 Å². The molecule has 4 aromatic rings. The topological polar surface area (TPSA) is 55.6 Å². The summed E-state index contributed by atoms with van der Waals surface area (Å²) in [4.78, 5) is 9.34. The van der Waals surface area contributed by atoms with Crippen LogP contribution in [-0.4, -0.2) is 19.7 Å². The van der Waals surface area contributed by atoms with Crippen LogP contribution in [0.5, 0.6) is 0 Å². The van der Waals surface area contributed by atoms with Crippen molar-refractivity contribution in [1.29, 1.82) is 0 Å². The highest BCUT2D eigenvalue weighted by Crippen LogP contribution is 2.18. The van der Waals surface area contributed by atoms with E-state index in [0.717, 1.165) is 29.1 Å². The average molecular weight is 329 g/mol. The highest BCUT2D eigenvalue weighted by atomic mass is 15.3. The second kappa shape index (κ2) is 6.73. The molecule has 0 amide bonds. The second-order valence-corrected chi connectivity index (χ2v) is 5.97. The zero-order valence-corrected chi connectivity index (χ0v) is 14.1. The molecule has 0 unspecified atom stereocenters. The molecule has 124 valence electrons. The van der Waals surface area contributed by atoms with Gasteiger partial charge in [0.05, 0.1) is 23.3 Å². The molecule has 0 saturated carbocycles. The van der Waals surface area contributed by atoms with Gasteiger partial charge in [0, 0.05) is 18.9 Å². The van der Waals surface area contributed by atoms with Gasteiger partial charge in [-0.05, 0) is 36.2 Å². The van der Waals surface area contributed by atoms with Gasteiger partial charge in [-0.15, -0.1) is 0 Å². The van der Waals surface area contributed by atoms with Crippen molar-refractivity contribution in [2.45, 2.75) is 20.0 Å². The van der Waals surface area contributed by atoms with Crippen molar-refractivity contribution in [3.05, 3.63) is 83.8 Å². The number of rotatable bonds is 5. The van der Waals surface area contributed by atoms with Crippen LogP contribution >= 0.6 is 0 Å². The Morgan fingerprint density at radius 2 is 1.60 bits per heavy atom. The fourth-order valence-electron chi connectivity index (χ4n) is 2.89. The Labute approximate surface area is 146 Å². The van der Waals surface area contributed by atoms with Gasteiger partial charge in [0.25, 0.3) is 0 Å². The van der Waals surface area contributed by atoms with E-state index in [0.29, 0.717) is 6.54 Å². The molecule has 0 bridgehead atoms. The van der Waals surface area contributed by atoms with Crippen LogP contribution in [0.4, 0.5) is 5.82 Å². The average Bonchev–Trinajstić information content (AvgIpc) is 3.14. The quantitative estimate of drug-likeness (QED) is 0.605. The molecule has 0 aliphatic rings. The summed E-state index contributed by atoms with van der Waals surface area (Å²) in [7, 11) is 0. The minimum atomic E-state index is 0.700. The van der Waals surface area contributed by atoms with Gasteiger partial charge in [-0.1, -0.05) is 36.4 Å². The van der Waals surface area contributed by atoms with E-state index in [-0.39, 0.29) is 0 Å². The molecule has 4 rings (SSSR count). The molecule has 0 fully saturated rings. The molecule has 0 aliphatic heterocycles. The predicted octanol–water partition coefficient (Wildman–Crippen LogP) is 3.80. The van der Waals surface area contributed by atoms with Gasteiger partial charge in [-0.2, -0.15) is 5.10 Å². The summed E-state index contributed by atoms with van der Waals surface area (Å²) in [6.07, 6.45) is 3.78. The van der Waals surface area contributed by atoms with E-state index in [2.05, 4.69) is 39.7 Å². The van der Waals surface area contributed by atoms with E-state index in [9.17, 15) is 0 Å².